The molecule has 2 aromatic rings. The first-order valence-corrected chi connectivity index (χ1v) is 10.6. The summed E-state index contributed by atoms with van der Waals surface area (Å²) in [7, 11) is 0. The van der Waals surface area contributed by atoms with Gasteiger partial charge in [-0.25, -0.2) is 23.1 Å². The molecular formula is C20H20F3N5O2S. The number of amides is 1. The molecule has 2 aliphatic heterocycles. The lowest BCUT2D eigenvalue weighted by molar-refractivity contribution is 0.0904. The summed E-state index contributed by atoms with van der Waals surface area (Å²) in [5, 5.41) is 2.97. The van der Waals surface area contributed by atoms with Crippen LogP contribution >= 0.6 is 11.8 Å². The number of anilines is 1. The largest absolute Gasteiger partial charge is 0.379 e. The molecule has 11 heteroatoms. The Labute approximate surface area is 180 Å². The Morgan fingerprint density at radius 3 is 2.87 bits per heavy atom. The number of aliphatic imine (C=N–C) groups is 1. The molecule has 1 aromatic carbocycles. The first kappa shape index (κ1) is 21.6. The second-order valence-electron chi connectivity index (χ2n) is 7.33. The van der Waals surface area contributed by atoms with Crippen molar-refractivity contribution in [1.29, 1.82) is 0 Å². The number of aromatic nitrogens is 2. The van der Waals surface area contributed by atoms with Crippen LogP contribution in [0, 0.1) is 11.7 Å². The van der Waals surface area contributed by atoms with E-state index >= 15 is 0 Å². The molecule has 1 saturated heterocycles. The van der Waals surface area contributed by atoms with Gasteiger partial charge in [0.1, 0.15) is 22.7 Å². The lowest BCUT2D eigenvalue weighted by Gasteiger charge is -2.36. The third kappa shape index (κ3) is 3.99. The van der Waals surface area contributed by atoms with E-state index < -0.39 is 29.4 Å². The standard InChI is InChI=1S/C20H20F3N5O2S/c1-2-16-12-8-31-19(24)28-20(12,9-30-16)11-5-10(3-4-13(11)21)27-18(29)15-7-25-14(6-26-15)17(22)23/h3-7,12,16-17H,2,8-9H2,1H3,(H2,24,28)(H,27,29)/t12-,16+,20+/m1/s1. The molecule has 0 unspecified atom stereocenters. The molecule has 0 aliphatic carbocycles. The summed E-state index contributed by atoms with van der Waals surface area (Å²) >= 11 is 1.41. The number of alkyl halides is 2. The Bertz CT molecular complexity index is 1020. The monoisotopic (exact) mass is 451 g/mol. The van der Waals surface area contributed by atoms with Crippen molar-refractivity contribution >= 4 is 28.5 Å². The SMILES string of the molecule is CC[C@@H]1OC[C@@]2(c3cc(NC(=O)c4cnc(C(F)F)cn4)ccc3F)N=C(N)SC[C@H]12. The number of benzene rings is 1. The van der Waals surface area contributed by atoms with Gasteiger partial charge < -0.3 is 15.8 Å². The highest BCUT2D eigenvalue weighted by atomic mass is 32.2. The number of nitrogens with zero attached hydrogens (tertiary/aromatic N) is 3. The summed E-state index contributed by atoms with van der Waals surface area (Å²) in [5.41, 5.74) is 4.93. The van der Waals surface area contributed by atoms with E-state index in [4.69, 9.17) is 10.5 Å². The molecule has 0 bridgehead atoms. The highest BCUT2D eigenvalue weighted by Gasteiger charge is 2.53. The van der Waals surface area contributed by atoms with Gasteiger partial charge in [-0.2, -0.15) is 0 Å². The van der Waals surface area contributed by atoms with Gasteiger partial charge in [-0.05, 0) is 24.6 Å². The second kappa shape index (κ2) is 8.46. The lowest BCUT2D eigenvalue weighted by Crippen LogP contribution is -2.42. The van der Waals surface area contributed by atoms with Crippen molar-refractivity contribution in [3.05, 3.63) is 53.4 Å². The van der Waals surface area contributed by atoms with E-state index in [-0.39, 0.29) is 29.9 Å². The predicted molar refractivity (Wildman–Crippen MR) is 111 cm³/mol. The lowest BCUT2D eigenvalue weighted by atomic mass is 9.78. The Morgan fingerprint density at radius 1 is 1.39 bits per heavy atom. The highest BCUT2D eigenvalue weighted by Crippen LogP contribution is 2.49. The molecule has 7 nitrogen and oxygen atoms in total. The fourth-order valence-corrected chi connectivity index (χ4v) is 5.04. The summed E-state index contributed by atoms with van der Waals surface area (Å²) in [4.78, 5) is 24.3. The minimum Gasteiger partial charge on any atom is -0.379 e. The Kier molecular flexibility index (Phi) is 5.89. The molecular weight excluding hydrogens is 431 g/mol. The molecule has 0 saturated carbocycles. The maximum atomic E-state index is 14.9. The number of nitrogens with two attached hydrogens (primary N) is 1. The van der Waals surface area contributed by atoms with Gasteiger partial charge in [0.25, 0.3) is 12.3 Å². The molecule has 3 heterocycles. The van der Waals surface area contributed by atoms with E-state index in [1.807, 2.05) is 6.92 Å². The number of carbonyl (C=O) groups excluding carboxylic acids is 1. The summed E-state index contributed by atoms with van der Waals surface area (Å²) in [6, 6.07) is 4.16. The topological polar surface area (TPSA) is 102 Å². The van der Waals surface area contributed by atoms with E-state index in [1.54, 1.807) is 0 Å². The maximum Gasteiger partial charge on any atom is 0.281 e. The van der Waals surface area contributed by atoms with Crippen molar-refractivity contribution in [2.24, 2.45) is 16.6 Å². The first-order chi connectivity index (χ1) is 14.8. The molecule has 31 heavy (non-hydrogen) atoms. The summed E-state index contributed by atoms with van der Waals surface area (Å²) in [5.74, 6) is -0.553. The molecule has 4 rings (SSSR count). The van der Waals surface area contributed by atoms with E-state index in [9.17, 15) is 18.0 Å². The normalized spacial score (nSPS) is 25.3. The number of hydrogen-bond acceptors (Lipinski definition) is 7. The van der Waals surface area contributed by atoms with Crippen molar-refractivity contribution in [2.75, 3.05) is 17.7 Å². The van der Waals surface area contributed by atoms with Crippen molar-refractivity contribution in [1.82, 2.24) is 9.97 Å². The van der Waals surface area contributed by atoms with E-state index in [0.717, 1.165) is 18.8 Å². The van der Waals surface area contributed by atoms with Crippen LogP contribution in [0.3, 0.4) is 0 Å². The van der Waals surface area contributed by atoms with E-state index in [2.05, 4.69) is 20.3 Å². The number of amidine groups is 1. The minimum atomic E-state index is -2.78. The van der Waals surface area contributed by atoms with Crippen LogP contribution in [0.2, 0.25) is 0 Å². The van der Waals surface area contributed by atoms with E-state index in [1.165, 1.54) is 30.0 Å². The Morgan fingerprint density at radius 2 is 2.19 bits per heavy atom. The number of carbonyl (C=O) groups is 1. The van der Waals surface area contributed by atoms with Gasteiger partial charge in [-0.15, -0.1) is 0 Å². The fraction of sp³-hybridized carbons (Fsp3) is 0.400. The quantitative estimate of drug-likeness (QED) is 0.722. The molecule has 0 radical (unpaired) electrons. The van der Waals surface area contributed by atoms with Crippen LogP contribution in [0.5, 0.6) is 0 Å². The second-order valence-corrected chi connectivity index (χ2v) is 8.37. The molecule has 164 valence electrons. The van der Waals surface area contributed by atoms with Gasteiger partial charge >= 0.3 is 0 Å². The van der Waals surface area contributed by atoms with Crippen LogP contribution in [-0.4, -0.2) is 39.5 Å². The van der Waals surface area contributed by atoms with E-state index in [0.29, 0.717) is 16.6 Å². The van der Waals surface area contributed by atoms with Crippen molar-refractivity contribution in [2.45, 2.75) is 31.4 Å². The van der Waals surface area contributed by atoms with Crippen LogP contribution in [0.25, 0.3) is 0 Å². The minimum absolute atomic E-state index is 0.0667. The zero-order valence-corrected chi connectivity index (χ0v) is 17.3. The molecule has 3 atom stereocenters. The van der Waals surface area contributed by atoms with Crippen LogP contribution in [0.1, 0.15) is 41.5 Å². The van der Waals surface area contributed by atoms with Gasteiger partial charge in [0.05, 0.1) is 25.1 Å². The summed E-state index contributed by atoms with van der Waals surface area (Å²) in [6.45, 7) is 2.19. The van der Waals surface area contributed by atoms with Crippen molar-refractivity contribution in [3.8, 4) is 0 Å². The summed E-state index contributed by atoms with van der Waals surface area (Å²) in [6.07, 6.45) is -0.287. The molecule has 1 amide bonds. The van der Waals surface area contributed by atoms with Gasteiger partial charge in [0.15, 0.2) is 5.17 Å². The number of rotatable bonds is 5. The average Bonchev–Trinajstić information content (AvgIpc) is 3.13. The molecule has 1 fully saturated rings. The van der Waals surface area contributed by atoms with Gasteiger partial charge in [-0.3, -0.25) is 9.78 Å². The molecule has 3 N–H and O–H groups in total. The third-order valence-electron chi connectivity index (χ3n) is 5.52. The average molecular weight is 451 g/mol. The molecule has 1 aromatic heterocycles. The predicted octanol–water partition coefficient (Wildman–Crippen LogP) is 3.49. The van der Waals surface area contributed by atoms with Crippen LogP contribution in [-0.2, 0) is 10.3 Å². The van der Waals surface area contributed by atoms with Gasteiger partial charge in [0, 0.05) is 22.9 Å². The van der Waals surface area contributed by atoms with Gasteiger partial charge in [0.2, 0.25) is 0 Å². The molecule has 0 spiro atoms. The van der Waals surface area contributed by atoms with Crippen molar-refractivity contribution < 1.29 is 22.7 Å². The molecule has 2 aliphatic rings. The number of ether oxygens (including phenoxy) is 1. The smallest absolute Gasteiger partial charge is 0.281 e. The van der Waals surface area contributed by atoms with Gasteiger partial charge in [-0.1, -0.05) is 18.7 Å². The van der Waals surface area contributed by atoms with Crippen LogP contribution in [0.15, 0.2) is 35.6 Å². The highest BCUT2D eigenvalue weighted by molar-refractivity contribution is 8.13. The Hall–Kier alpha value is -2.66. The number of thioether (sulfide) groups is 1. The number of hydrogen-bond donors (Lipinski definition) is 2. The summed E-state index contributed by atoms with van der Waals surface area (Å²) < 4.78 is 46.1. The van der Waals surface area contributed by atoms with Crippen molar-refractivity contribution in [3.63, 3.8) is 0 Å². The Balaban J connectivity index is 1.64. The fourth-order valence-electron chi connectivity index (χ4n) is 3.97. The third-order valence-corrected chi connectivity index (χ3v) is 6.43. The maximum absolute atomic E-state index is 14.9. The zero-order valence-electron chi connectivity index (χ0n) is 16.5. The van der Waals surface area contributed by atoms with Crippen LogP contribution < -0.4 is 11.1 Å². The number of halogens is 3. The number of fused-ring (bicyclic) bond motifs is 1. The first-order valence-electron chi connectivity index (χ1n) is 9.65. The number of nitrogens with one attached hydrogen (secondary N) is 1. The zero-order chi connectivity index (χ0) is 22.2. The van der Waals surface area contributed by atoms with Crippen LogP contribution in [0.4, 0.5) is 18.9 Å².